The van der Waals surface area contributed by atoms with Crippen molar-refractivity contribution in [1.29, 1.82) is 0 Å². The van der Waals surface area contributed by atoms with Crippen molar-refractivity contribution in [3.8, 4) is 11.3 Å². The molecule has 2 aromatic carbocycles. The molecule has 0 saturated carbocycles. The van der Waals surface area contributed by atoms with Crippen LogP contribution in [0.15, 0.2) is 60.7 Å². The number of Topliss-reactive ketones (excluding diaryl/α,β-unsaturated/α-hetero) is 1. The number of esters is 1. The lowest BCUT2D eigenvalue weighted by molar-refractivity contribution is -0.119. The molecule has 0 aliphatic heterocycles. The maximum Gasteiger partial charge on any atom is 0.356 e. The monoisotopic (exact) mass is 391 g/mol. The van der Waals surface area contributed by atoms with Gasteiger partial charge in [0.1, 0.15) is 5.69 Å². The van der Waals surface area contributed by atoms with Gasteiger partial charge in [0, 0.05) is 18.1 Å². The number of aromatic amines is 1. The van der Waals surface area contributed by atoms with E-state index in [4.69, 9.17) is 4.74 Å². The summed E-state index contributed by atoms with van der Waals surface area (Å²) < 4.78 is 5.11. The SMILES string of the molecule is CC(=O)N[C@H](C)c1ccc(C(=O)COC(=O)c2cc(-c3ccccc3)n[nH]2)cc1. The Labute approximate surface area is 168 Å². The summed E-state index contributed by atoms with van der Waals surface area (Å²) in [4.78, 5) is 35.6. The highest BCUT2D eigenvalue weighted by Gasteiger charge is 2.15. The average molecular weight is 391 g/mol. The summed E-state index contributed by atoms with van der Waals surface area (Å²) in [5, 5.41) is 9.51. The Morgan fingerprint density at radius 1 is 1.07 bits per heavy atom. The van der Waals surface area contributed by atoms with E-state index in [0.29, 0.717) is 11.3 Å². The molecule has 29 heavy (non-hydrogen) atoms. The van der Waals surface area contributed by atoms with Crippen LogP contribution < -0.4 is 5.32 Å². The van der Waals surface area contributed by atoms with Crippen LogP contribution in [-0.2, 0) is 9.53 Å². The van der Waals surface area contributed by atoms with Gasteiger partial charge in [0.25, 0.3) is 0 Å². The first-order valence-corrected chi connectivity index (χ1v) is 9.12. The van der Waals surface area contributed by atoms with E-state index in [1.807, 2.05) is 37.3 Å². The number of H-pyrrole nitrogens is 1. The Morgan fingerprint density at radius 2 is 1.76 bits per heavy atom. The van der Waals surface area contributed by atoms with Crippen molar-refractivity contribution in [1.82, 2.24) is 15.5 Å². The largest absolute Gasteiger partial charge is 0.453 e. The van der Waals surface area contributed by atoms with Crippen LogP contribution in [0.1, 0.15) is 46.3 Å². The van der Waals surface area contributed by atoms with Gasteiger partial charge in [0.05, 0.1) is 11.7 Å². The molecule has 1 aromatic heterocycles. The third kappa shape index (κ3) is 5.16. The quantitative estimate of drug-likeness (QED) is 0.475. The van der Waals surface area contributed by atoms with E-state index >= 15 is 0 Å². The lowest BCUT2D eigenvalue weighted by Gasteiger charge is -2.13. The molecule has 0 saturated heterocycles. The van der Waals surface area contributed by atoms with Crippen molar-refractivity contribution in [2.75, 3.05) is 6.61 Å². The molecule has 7 nitrogen and oxygen atoms in total. The number of hydrogen-bond donors (Lipinski definition) is 2. The fraction of sp³-hybridized carbons (Fsp3) is 0.182. The second kappa shape index (κ2) is 8.97. The predicted molar refractivity (Wildman–Crippen MR) is 107 cm³/mol. The first-order valence-electron chi connectivity index (χ1n) is 9.12. The van der Waals surface area contributed by atoms with Crippen LogP contribution in [0.5, 0.6) is 0 Å². The van der Waals surface area contributed by atoms with Gasteiger partial charge in [-0.25, -0.2) is 4.79 Å². The zero-order chi connectivity index (χ0) is 20.8. The van der Waals surface area contributed by atoms with E-state index < -0.39 is 5.97 Å². The van der Waals surface area contributed by atoms with E-state index in [9.17, 15) is 14.4 Å². The molecule has 0 bridgehead atoms. The average Bonchev–Trinajstić information content (AvgIpc) is 3.22. The number of nitrogens with one attached hydrogen (secondary N) is 2. The van der Waals surface area contributed by atoms with E-state index in [0.717, 1.165) is 11.1 Å². The van der Waals surface area contributed by atoms with Crippen LogP contribution in [0.3, 0.4) is 0 Å². The number of aromatic nitrogens is 2. The van der Waals surface area contributed by atoms with Crippen LogP contribution in [0, 0.1) is 0 Å². The van der Waals surface area contributed by atoms with Gasteiger partial charge < -0.3 is 10.1 Å². The molecular formula is C22H21N3O4. The maximum atomic E-state index is 12.3. The molecule has 0 radical (unpaired) electrons. The van der Waals surface area contributed by atoms with E-state index in [-0.39, 0.29) is 30.0 Å². The molecule has 1 heterocycles. The predicted octanol–water partition coefficient (Wildman–Crippen LogP) is 3.31. The Bertz CT molecular complexity index is 1010. The van der Waals surface area contributed by atoms with Gasteiger partial charge in [-0.1, -0.05) is 54.6 Å². The van der Waals surface area contributed by atoms with Gasteiger partial charge in [0.2, 0.25) is 5.91 Å². The molecular weight excluding hydrogens is 370 g/mol. The normalized spacial score (nSPS) is 11.5. The Morgan fingerprint density at radius 3 is 2.41 bits per heavy atom. The van der Waals surface area contributed by atoms with Crippen LogP contribution in [0.2, 0.25) is 0 Å². The van der Waals surface area contributed by atoms with Crippen molar-refractivity contribution in [3.05, 3.63) is 77.5 Å². The molecule has 2 N–H and O–H groups in total. The standard InChI is InChI=1S/C22H21N3O4/c1-14(23-15(2)26)16-8-10-18(11-9-16)21(27)13-29-22(28)20-12-19(24-25-20)17-6-4-3-5-7-17/h3-12,14H,13H2,1-2H3,(H,23,26)(H,24,25)/t14-/m1/s1. The number of benzene rings is 2. The fourth-order valence-electron chi connectivity index (χ4n) is 2.82. The van der Waals surface area contributed by atoms with Gasteiger partial charge >= 0.3 is 5.97 Å². The van der Waals surface area contributed by atoms with E-state index in [1.54, 1.807) is 30.3 Å². The number of ether oxygens (including phenoxy) is 1. The molecule has 3 rings (SSSR count). The first kappa shape index (κ1) is 20.0. The number of rotatable bonds is 7. The minimum absolute atomic E-state index is 0.126. The number of ketones is 1. The van der Waals surface area contributed by atoms with Crippen LogP contribution in [-0.4, -0.2) is 34.5 Å². The summed E-state index contributed by atoms with van der Waals surface area (Å²) in [7, 11) is 0. The molecule has 0 aliphatic carbocycles. The fourth-order valence-corrected chi connectivity index (χ4v) is 2.82. The van der Waals surface area contributed by atoms with Crippen molar-refractivity contribution >= 4 is 17.7 Å². The van der Waals surface area contributed by atoms with Crippen LogP contribution in [0.4, 0.5) is 0 Å². The van der Waals surface area contributed by atoms with E-state index in [1.165, 1.54) is 6.92 Å². The third-order valence-electron chi connectivity index (χ3n) is 4.35. The van der Waals surface area contributed by atoms with Gasteiger partial charge in [-0.3, -0.25) is 14.7 Å². The number of carbonyl (C=O) groups is 3. The molecule has 0 unspecified atom stereocenters. The Hall–Kier alpha value is -3.74. The molecule has 148 valence electrons. The summed E-state index contributed by atoms with van der Waals surface area (Å²) in [6.07, 6.45) is 0. The second-order valence-corrected chi connectivity index (χ2v) is 6.58. The highest BCUT2D eigenvalue weighted by molar-refractivity contribution is 5.99. The third-order valence-corrected chi connectivity index (χ3v) is 4.35. The summed E-state index contributed by atoms with van der Waals surface area (Å²) in [6, 6.07) is 17.6. The van der Waals surface area contributed by atoms with Crippen molar-refractivity contribution in [3.63, 3.8) is 0 Å². The zero-order valence-electron chi connectivity index (χ0n) is 16.1. The summed E-state index contributed by atoms with van der Waals surface area (Å²) in [6.45, 7) is 2.93. The summed E-state index contributed by atoms with van der Waals surface area (Å²) in [5.41, 5.74) is 2.96. The number of hydrogen-bond acceptors (Lipinski definition) is 5. The van der Waals surface area contributed by atoms with E-state index in [2.05, 4.69) is 15.5 Å². The van der Waals surface area contributed by atoms with Gasteiger partial charge in [-0.05, 0) is 18.6 Å². The zero-order valence-corrected chi connectivity index (χ0v) is 16.1. The molecule has 0 fully saturated rings. The van der Waals surface area contributed by atoms with Gasteiger partial charge in [0.15, 0.2) is 12.4 Å². The highest BCUT2D eigenvalue weighted by atomic mass is 16.5. The van der Waals surface area contributed by atoms with Gasteiger partial charge in [-0.15, -0.1) is 0 Å². The molecule has 3 aromatic rings. The minimum atomic E-state index is -0.649. The molecule has 0 spiro atoms. The molecule has 7 heteroatoms. The molecule has 0 aliphatic rings. The van der Waals surface area contributed by atoms with Crippen LogP contribution in [0.25, 0.3) is 11.3 Å². The maximum absolute atomic E-state index is 12.3. The Balaban J connectivity index is 1.57. The molecule has 1 amide bonds. The molecule has 1 atom stereocenters. The second-order valence-electron chi connectivity index (χ2n) is 6.58. The topological polar surface area (TPSA) is 101 Å². The Kier molecular flexibility index (Phi) is 6.19. The van der Waals surface area contributed by atoms with Crippen molar-refractivity contribution in [2.24, 2.45) is 0 Å². The summed E-state index contributed by atoms with van der Waals surface area (Å²) in [5.74, 6) is -1.09. The number of carbonyl (C=O) groups excluding carboxylic acids is 3. The van der Waals surface area contributed by atoms with Gasteiger partial charge in [-0.2, -0.15) is 5.10 Å². The number of amides is 1. The van der Waals surface area contributed by atoms with Crippen molar-refractivity contribution < 1.29 is 19.1 Å². The smallest absolute Gasteiger partial charge is 0.356 e. The highest BCUT2D eigenvalue weighted by Crippen LogP contribution is 2.17. The lowest BCUT2D eigenvalue weighted by atomic mass is 10.0. The lowest BCUT2D eigenvalue weighted by Crippen LogP contribution is -2.23. The first-order chi connectivity index (χ1) is 13.9. The number of nitrogens with zero attached hydrogens (tertiary/aromatic N) is 1. The van der Waals surface area contributed by atoms with Crippen molar-refractivity contribution in [2.45, 2.75) is 19.9 Å². The van der Waals surface area contributed by atoms with Crippen LogP contribution >= 0.6 is 0 Å². The summed E-state index contributed by atoms with van der Waals surface area (Å²) >= 11 is 0. The minimum Gasteiger partial charge on any atom is -0.453 e.